The molecule has 0 saturated heterocycles. The van der Waals surface area contributed by atoms with E-state index in [9.17, 15) is 0 Å². The Kier molecular flexibility index (Phi) is 3.64. The lowest BCUT2D eigenvalue weighted by molar-refractivity contribution is 0.222. The lowest BCUT2D eigenvalue weighted by Gasteiger charge is -2.00. The van der Waals surface area contributed by atoms with Gasteiger partial charge in [-0.1, -0.05) is 53.7 Å². The fraction of sp³-hybridized carbons (Fsp3) is 0.0556. The van der Waals surface area contributed by atoms with Crippen molar-refractivity contribution in [1.29, 1.82) is 0 Å². The van der Waals surface area contributed by atoms with Gasteiger partial charge in [-0.05, 0) is 17.7 Å². The molecular weight excluding hydrogens is 304 g/mol. The zero-order valence-electron chi connectivity index (χ0n) is 12.7. The third-order valence-corrected chi connectivity index (χ3v) is 3.73. The van der Waals surface area contributed by atoms with Gasteiger partial charge in [-0.25, -0.2) is 0 Å². The highest BCUT2D eigenvalue weighted by Gasteiger charge is 2.10. The maximum atomic E-state index is 9.07. The molecule has 2 aromatic carbocycles. The number of aliphatic hydroxyl groups is 1. The predicted molar refractivity (Wildman–Crippen MR) is 90.7 cm³/mol. The van der Waals surface area contributed by atoms with E-state index in [4.69, 9.17) is 9.63 Å². The summed E-state index contributed by atoms with van der Waals surface area (Å²) in [5.41, 5.74) is 3.63. The normalized spacial score (nSPS) is 11.5. The molecule has 2 N–H and O–H groups in total. The molecule has 0 saturated carbocycles. The maximum Gasteiger partial charge on any atom is 0.252 e. The fourth-order valence-corrected chi connectivity index (χ4v) is 2.55. The maximum absolute atomic E-state index is 9.07. The van der Waals surface area contributed by atoms with E-state index in [-0.39, 0.29) is 12.5 Å². The molecule has 0 amide bonds. The second-order valence-electron chi connectivity index (χ2n) is 5.24. The van der Waals surface area contributed by atoms with Gasteiger partial charge in [0.05, 0.1) is 11.2 Å². The number of hydrogen-bond acceptors (Lipinski definition) is 5. The molecule has 2 heterocycles. The number of hydrogen-bond donors (Lipinski definition) is 2. The van der Waals surface area contributed by atoms with Crippen molar-refractivity contribution in [2.24, 2.45) is 0 Å². The molecule has 4 rings (SSSR count). The summed E-state index contributed by atoms with van der Waals surface area (Å²) in [6.45, 7) is -0.274. The molecule has 0 fully saturated rings. The van der Waals surface area contributed by atoms with Crippen molar-refractivity contribution in [3.05, 3.63) is 65.7 Å². The molecule has 0 bridgehead atoms. The fourth-order valence-electron chi connectivity index (χ4n) is 2.55. The number of rotatable bonds is 4. The first-order valence-electron chi connectivity index (χ1n) is 7.49. The van der Waals surface area contributed by atoms with Crippen LogP contribution in [0, 0.1) is 0 Å². The predicted octanol–water partition coefficient (Wildman–Crippen LogP) is 3.28. The van der Waals surface area contributed by atoms with Crippen molar-refractivity contribution in [2.45, 2.75) is 6.61 Å². The lowest BCUT2D eigenvalue weighted by atomic mass is 10.1. The number of para-hydroxylation sites is 1. The van der Waals surface area contributed by atoms with Gasteiger partial charge < -0.3 is 9.63 Å². The second kappa shape index (κ2) is 6.10. The second-order valence-corrected chi connectivity index (χ2v) is 5.24. The van der Waals surface area contributed by atoms with E-state index in [0.29, 0.717) is 5.82 Å². The van der Waals surface area contributed by atoms with Crippen LogP contribution in [-0.2, 0) is 6.61 Å². The molecular formula is C18H14N4O2. The van der Waals surface area contributed by atoms with E-state index in [0.717, 1.165) is 27.7 Å². The molecule has 0 unspecified atom stereocenters. The number of H-pyrrole nitrogens is 1. The summed E-state index contributed by atoms with van der Waals surface area (Å²) in [4.78, 5) is 4.17. The van der Waals surface area contributed by atoms with E-state index in [2.05, 4.69) is 20.3 Å². The quantitative estimate of drug-likeness (QED) is 0.603. The smallest absolute Gasteiger partial charge is 0.252 e. The van der Waals surface area contributed by atoms with E-state index < -0.39 is 0 Å². The highest BCUT2D eigenvalue weighted by atomic mass is 16.5. The molecule has 0 spiro atoms. The van der Waals surface area contributed by atoms with Gasteiger partial charge in [-0.15, -0.1) is 0 Å². The first kappa shape index (κ1) is 14.3. The Balaban J connectivity index is 1.72. The highest BCUT2D eigenvalue weighted by molar-refractivity contribution is 5.90. The van der Waals surface area contributed by atoms with Crippen molar-refractivity contribution >= 4 is 23.1 Å². The van der Waals surface area contributed by atoms with Crippen molar-refractivity contribution in [3.63, 3.8) is 0 Å². The van der Waals surface area contributed by atoms with Crippen LogP contribution in [0.2, 0.25) is 0 Å². The van der Waals surface area contributed by atoms with Gasteiger partial charge in [0.1, 0.15) is 6.61 Å². The molecule has 6 nitrogen and oxygen atoms in total. The summed E-state index contributed by atoms with van der Waals surface area (Å²) in [7, 11) is 0. The van der Waals surface area contributed by atoms with Crippen LogP contribution in [0.4, 0.5) is 0 Å². The van der Waals surface area contributed by atoms with Gasteiger partial charge in [0.2, 0.25) is 5.82 Å². The summed E-state index contributed by atoms with van der Waals surface area (Å²) in [6, 6.07) is 15.7. The van der Waals surface area contributed by atoms with E-state index in [1.165, 1.54) is 0 Å². The minimum Gasteiger partial charge on any atom is -0.387 e. The summed E-state index contributed by atoms with van der Waals surface area (Å²) < 4.78 is 4.98. The zero-order chi connectivity index (χ0) is 16.4. The topological polar surface area (TPSA) is 87.8 Å². The lowest BCUT2D eigenvalue weighted by Crippen LogP contribution is -1.86. The van der Waals surface area contributed by atoms with Crippen LogP contribution in [0.3, 0.4) is 0 Å². The minimum atomic E-state index is -0.274. The largest absolute Gasteiger partial charge is 0.387 e. The van der Waals surface area contributed by atoms with Gasteiger partial charge in [-0.2, -0.15) is 10.1 Å². The molecule has 118 valence electrons. The Labute approximate surface area is 137 Å². The van der Waals surface area contributed by atoms with Crippen molar-refractivity contribution < 1.29 is 9.63 Å². The third-order valence-electron chi connectivity index (χ3n) is 3.73. The molecule has 0 atom stereocenters. The van der Waals surface area contributed by atoms with Crippen molar-refractivity contribution in [3.8, 4) is 11.4 Å². The molecule has 0 aliphatic rings. The highest BCUT2D eigenvalue weighted by Crippen LogP contribution is 2.24. The van der Waals surface area contributed by atoms with Gasteiger partial charge in [0, 0.05) is 10.9 Å². The summed E-state index contributed by atoms with van der Waals surface area (Å²) in [5.74, 6) is 0.647. The molecule has 0 aliphatic carbocycles. The van der Waals surface area contributed by atoms with E-state index in [1.54, 1.807) is 0 Å². The number of nitrogens with one attached hydrogen (secondary N) is 1. The first-order valence-corrected chi connectivity index (χ1v) is 7.49. The van der Waals surface area contributed by atoms with E-state index in [1.807, 2.05) is 60.7 Å². The number of nitrogens with zero attached hydrogens (tertiary/aromatic N) is 3. The van der Waals surface area contributed by atoms with Crippen LogP contribution in [-0.4, -0.2) is 25.4 Å². The molecule has 2 aromatic heterocycles. The zero-order valence-corrected chi connectivity index (χ0v) is 12.7. The van der Waals surface area contributed by atoms with Crippen LogP contribution >= 0.6 is 0 Å². The average molecular weight is 318 g/mol. The number of fused-ring (bicyclic) bond motifs is 1. The standard InChI is InChI=1S/C18H14N4O2/c23-11-17-19-18(22-24-17)13-6-2-1-5-12(13)9-10-16-14-7-3-4-8-15(14)20-21-16/h1-10,23H,11H2,(H,20,21)/b10-9+. The Bertz CT molecular complexity index is 1020. The SMILES string of the molecule is OCc1nc(-c2ccccc2/C=C/c2n[nH]c3ccccc23)no1. The monoisotopic (exact) mass is 318 g/mol. The van der Waals surface area contributed by atoms with Gasteiger partial charge in [0.15, 0.2) is 0 Å². The molecule has 4 aromatic rings. The van der Waals surface area contributed by atoms with Crippen molar-refractivity contribution in [2.75, 3.05) is 0 Å². The van der Waals surface area contributed by atoms with Crippen LogP contribution in [0.5, 0.6) is 0 Å². The van der Waals surface area contributed by atoms with Crippen molar-refractivity contribution in [1.82, 2.24) is 20.3 Å². The Hall–Kier alpha value is -3.25. The summed E-state index contributed by atoms with van der Waals surface area (Å²) in [6.07, 6.45) is 3.91. The summed E-state index contributed by atoms with van der Waals surface area (Å²) in [5, 5.41) is 21.4. The van der Waals surface area contributed by atoms with Crippen LogP contribution < -0.4 is 0 Å². The Morgan fingerprint density at radius 2 is 1.88 bits per heavy atom. The summed E-state index contributed by atoms with van der Waals surface area (Å²) >= 11 is 0. The third kappa shape index (κ3) is 2.59. The molecule has 0 radical (unpaired) electrons. The molecule has 24 heavy (non-hydrogen) atoms. The van der Waals surface area contributed by atoms with Crippen LogP contribution in [0.1, 0.15) is 17.1 Å². The average Bonchev–Trinajstić information content (AvgIpc) is 3.27. The number of benzene rings is 2. The Morgan fingerprint density at radius 3 is 2.75 bits per heavy atom. The molecule has 6 heteroatoms. The molecule has 0 aliphatic heterocycles. The van der Waals surface area contributed by atoms with Gasteiger partial charge in [0.25, 0.3) is 5.89 Å². The number of aromatic nitrogens is 4. The van der Waals surface area contributed by atoms with Gasteiger partial charge in [-0.3, -0.25) is 5.10 Å². The number of aliphatic hydroxyl groups excluding tert-OH is 1. The van der Waals surface area contributed by atoms with Crippen LogP contribution in [0.25, 0.3) is 34.4 Å². The Morgan fingerprint density at radius 1 is 1.04 bits per heavy atom. The van der Waals surface area contributed by atoms with Crippen LogP contribution in [0.15, 0.2) is 53.1 Å². The first-order chi connectivity index (χ1) is 11.8. The van der Waals surface area contributed by atoms with E-state index >= 15 is 0 Å². The number of aromatic amines is 1. The minimum absolute atomic E-state index is 0.196. The van der Waals surface area contributed by atoms with Gasteiger partial charge >= 0.3 is 0 Å².